The molecular formula is C7H5N3O2. The van der Waals surface area contributed by atoms with E-state index in [-0.39, 0.29) is 11.7 Å². The molecule has 0 unspecified atom stereocenters. The minimum absolute atomic E-state index is 0.250. The molecular weight excluding hydrogens is 158 g/mol. The van der Waals surface area contributed by atoms with E-state index < -0.39 is 0 Å². The van der Waals surface area contributed by atoms with E-state index in [4.69, 9.17) is 4.42 Å². The van der Waals surface area contributed by atoms with Gasteiger partial charge >= 0.3 is 5.91 Å². The molecule has 0 saturated heterocycles. The quantitative estimate of drug-likeness (QED) is 0.616. The summed E-state index contributed by atoms with van der Waals surface area (Å²) in [6.07, 6.45) is 4.33. The predicted octanol–water partition coefficient (Wildman–Crippen LogP) is 0.560. The third kappa shape index (κ3) is 1.01. The number of carbonyl (C=O) groups is 1. The van der Waals surface area contributed by atoms with Crippen LogP contribution >= 0.6 is 0 Å². The van der Waals surface area contributed by atoms with Crippen molar-refractivity contribution in [2.45, 2.75) is 0 Å². The van der Waals surface area contributed by atoms with Gasteiger partial charge in [0.2, 0.25) is 0 Å². The van der Waals surface area contributed by atoms with Crippen molar-refractivity contribution in [3.63, 3.8) is 0 Å². The lowest BCUT2D eigenvalue weighted by Crippen LogP contribution is -2.11. The molecule has 0 aliphatic heterocycles. The average Bonchev–Trinajstić information content (AvgIpc) is 2.77. The molecule has 2 rings (SSSR count). The summed E-state index contributed by atoms with van der Waals surface area (Å²) in [5, 5.41) is 7.03. The molecule has 2 heterocycles. The molecule has 0 aliphatic carbocycles. The van der Waals surface area contributed by atoms with Gasteiger partial charge in [-0.25, -0.2) is 0 Å². The third-order valence-electron chi connectivity index (χ3n) is 1.36. The molecule has 2 aromatic heterocycles. The van der Waals surface area contributed by atoms with Gasteiger partial charge < -0.3 is 4.42 Å². The van der Waals surface area contributed by atoms with E-state index >= 15 is 0 Å². The topological polar surface area (TPSA) is 60.9 Å². The number of hydrogen-bond acceptors (Lipinski definition) is 4. The maximum absolute atomic E-state index is 11.3. The van der Waals surface area contributed by atoms with E-state index in [1.54, 1.807) is 12.1 Å². The minimum Gasteiger partial charge on any atom is -0.459 e. The lowest BCUT2D eigenvalue weighted by molar-refractivity contribution is 0.0915. The standard InChI is InChI=1S/C7H5N3O2/c11-7(6-2-1-5-12-6)10-4-3-8-9-10/h1-5H. The van der Waals surface area contributed by atoms with Crippen molar-refractivity contribution in [2.75, 3.05) is 0 Å². The Hall–Kier alpha value is -1.91. The summed E-state index contributed by atoms with van der Waals surface area (Å²) in [5.41, 5.74) is 0. The van der Waals surface area contributed by atoms with Gasteiger partial charge in [-0.05, 0) is 12.1 Å². The van der Waals surface area contributed by atoms with Crippen LogP contribution in [0.4, 0.5) is 0 Å². The van der Waals surface area contributed by atoms with Gasteiger partial charge in [0.1, 0.15) is 0 Å². The summed E-state index contributed by atoms with van der Waals surface area (Å²) >= 11 is 0. The molecule has 12 heavy (non-hydrogen) atoms. The molecule has 2 aromatic rings. The van der Waals surface area contributed by atoms with Crippen molar-refractivity contribution in [1.82, 2.24) is 15.0 Å². The highest BCUT2D eigenvalue weighted by Crippen LogP contribution is 2.01. The Morgan fingerprint density at radius 2 is 2.50 bits per heavy atom. The predicted molar refractivity (Wildman–Crippen MR) is 38.5 cm³/mol. The van der Waals surface area contributed by atoms with Crippen LogP contribution in [0.1, 0.15) is 10.6 Å². The molecule has 0 atom stereocenters. The Morgan fingerprint density at radius 3 is 3.08 bits per heavy atom. The van der Waals surface area contributed by atoms with Gasteiger partial charge in [0, 0.05) is 0 Å². The monoisotopic (exact) mass is 163 g/mol. The summed E-state index contributed by atoms with van der Waals surface area (Å²) in [5.74, 6) is -0.0713. The van der Waals surface area contributed by atoms with E-state index in [0.717, 1.165) is 4.68 Å². The van der Waals surface area contributed by atoms with E-state index in [2.05, 4.69) is 10.3 Å². The van der Waals surface area contributed by atoms with Crippen molar-refractivity contribution in [3.05, 3.63) is 36.5 Å². The second kappa shape index (κ2) is 2.61. The molecule has 0 N–H and O–H groups in total. The van der Waals surface area contributed by atoms with Gasteiger partial charge in [0.25, 0.3) is 0 Å². The Labute approximate surface area is 67.6 Å². The third-order valence-corrected chi connectivity index (χ3v) is 1.36. The number of aromatic nitrogens is 3. The van der Waals surface area contributed by atoms with Crippen LogP contribution in [-0.2, 0) is 0 Å². The number of rotatable bonds is 1. The molecule has 0 radical (unpaired) electrons. The molecule has 60 valence electrons. The Balaban J connectivity index is 2.34. The van der Waals surface area contributed by atoms with Gasteiger partial charge in [-0.15, -0.1) is 5.10 Å². The van der Waals surface area contributed by atoms with Gasteiger partial charge in [-0.2, -0.15) is 4.68 Å². The Morgan fingerprint density at radius 1 is 1.58 bits per heavy atom. The maximum atomic E-state index is 11.3. The van der Waals surface area contributed by atoms with E-state index in [1.807, 2.05) is 0 Å². The molecule has 5 nitrogen and oxygen atoms in total. The Kier molecular flexibility index (Phi) is 1.48. The highest BCUT2D eigenvalue weighted by Gasteiger charge is 2.10. The Bertz CT molecular complexity index is 327. The van der Waals surface area contributed by atoms with Crippen LogP contribution < -0.4 is 0 Å². The molecule has 0 spiro atoms. The fourth-order valence-electron chi connectivity index (χ4n) is 0.830. The van der Waals surface area contributed by atoms with Crippen molar-refractivity contribution >= 4 is 5.91 Å². The zero-order valence-electron chi connectivity index (χ0n) is 6.04. The first-order chi connectivity index (χ1) is 5.88. The van der Waals surface area contributed by atoms with Gasteiger partial charge in [-0.1, -0.05) is 5.21 Å². The minimum atomic E-state index is -0.322. The highest BCUT2D eigenvalue weighted by molar-refractivity contribution is 5.92. The van der Waals surface area contributed by atoms with Crippen LogP contribution in [0.15, 0.2) is 35.2 Å². The second-order valence-corrected chi connectivity index (χ2v) is 2.13. The van der Waals surface area contributed by atoms with Crippen LogP contribution in [0, 0.1) is 0 Å². The summed E-state index contributed by atoms with van der Waals surface area (Å²) in [7, 11) is 0. The SMILES string of the molecule is O=C(c1ccco1)n1ccnn1. The lowest BCUT2D eigenvalue weighted by atomic mass is 10.4. The largest absolute Gasteiger partial charge is 0.459 e. The molecule has 0 amide bonds. The van der Waals surface area contributed by atoms with E-state index in [9.17, 15) is 4.79 Å². The van der Waals surface area contributed by atoms with E-state index in [0.29, 0.717) is 0 Å². The number of furan rings is 1. The van der Waals surface area contributed by atoms with Crippen LogP contribution in [0.2, 0.25) is 0 Å². The summed E-state index contributed by atoms with van der Waals surface area (Å²) in [4.78, 5) is 11.3. The zero-order chi connectivity index (χ0) is 8.39. The summed E-state index contributed by atoms with van der Waals surface area (Å²) < 4.78 is 5.99. The molecule has 0 saturated carbocycles. The van der Waals surface area contributed by atoms with Gasteiger partial charge in [-0.3, -0.25) is 4.79 Å². The average molecular weight is 163 g/mol. The first kappa shape index (κ1) is 6.78. The first-order valence-electron chi connectivity index (χ1n) is 3.32. The van der Waals surface area contributed by atoms with Crippen LogP contribution in [0.25, 0.3) is 0 Å². The normalized spacial score (nSPS) is 10.0. The van der Waals surface area contributed by atoms with Crippen molar-refractivity contribution < 1.29 is 9.21 Å². The fraction of sp³-hybridized carbons (Fsp3) is 0. The van der Waals surface area contributed by atoms with Gasteiger partial charge in [0.15, 0.2) is 5.76 Å². The molecule has 0 fully saturated rings. The van der Waals surface area contributed by atoms with Crippen LogP contribution in [0.5, 0.6) is 0 Å². The lowest BCUT2D eigenvalue weighted by Gasteiger charge is -1.92. The molecule has 0 bridgehead atoms. The molecule has 0 aliphatic rings. The molecule has 0 aromatic carbocycles. The number of nitrogens with zero attached hydrogens (tertiary/aromatic N) is 3. The van der Waals surface area contributed by atoms with Crippen molar-refractivity contribution in [2.24, 2.45) is 0 Å². The second-order valence-electron chi connectivity index (χ2n) is 2.13. The first-order valence-corrected chi connectivity index (χ1v) is 3.32. The smallest absolute Gasteiger partial charge is 0.315 e. The zero-order valence-corrected chi connectivity index (χ0v) is 6.04. The molecule has 5 heteroatoms. The number of carbonyl (C=O) groups excluding carboxylic acids is 1. The summed E-state index contributed by atoms with van der Waals surface area (Å²) in [6, 6.07) is 3.22. The highest BCUT2D eigenvalue weighted by atomic mass is 16.3. The fourth-order valence-corrected chi connectivity index (χ4v) is 0.830. The van der Waals surface area contributed by atoms with Crippen LogP contribution in [0.3, 0.4) is 0 Å². The number of hydrogen-bond donors (Lipinski definition) is 0. The van der Waals surface area contributed by atoms with Crippen LogP contribution in [-0.4, -0.2) is 20.9 Å². The van der Waals surface area contributed by atoms with Crippen molar-refractivity contribution in [3.8, 4) is 0 Å². The maximum Gasteiger partial charge on any atom is 0.315 e. The van der Waals surface area contributed by atoms with Crippen molar-refractivity contribution in [1.29, 1.82) is 0 Å². The van der Waals surface area contributed by atoms with E-state index in [1.165, 1.54) is 18.7 Å². The van der Waals surface area contributed by atoms with Gasteiger partial charge in [0.05, 0.1) is 18.7 Å². The summed E-state index contributed by atoms with van der Waals surface area (Å²) in [6.45, 7) is 0.